The Hall–Kier alpha value is -1.82. The summed E-state index contributed by atoms with van der Waals surface area (Å²) in [6, 6.07) is 10.3. The molecule has 0 fully saturated rings. The molecule has 1 atom stereocenters. The van der Waals surface area contributed by atoms with E-state index in [1.807, 2.05) is 12.1 Å². The third-order valence-corrected chi connectivity index (χ3v) is 2.98. The number of aromatic nitrogens is 1. The first-order valence-corrected chi connectivity index (χ1v) is 6.84. The van der Waals surface area contributed by atoms with Gasteiger partial charge in [-0.2, -0.15) is 0 Å². The van der Waals surface area contributed by atoms with Crippen LogP contribution in [0.25, 0.3) is 0 Å². The molecule has 2 aromatic rings. The number of aliphatic hydroxyl groups excluding tert-OH is 1. The summed E-state index contributed by atoms with van der Waals surface area (Å²) < 4.78 is 18.7. The molecule has 2 rings (SSSR count). The topological polar surface area (TPSA) is 54.4 Å². The molecule has 0 aliphatic rings. The zero-order valence-electron chi connectivity index (χ0n) is 11.7. The summed E-state index contributed by atoms with van der Waals surface area (Å²) in [6.45, 7) is 1.40. The lowest BCUT2D eigenvalue weighted by molar-refractivity contribution is 0.0277. The van der Waals surface area contributed by atoms with Crippen LogP contribution in [0, 0.1) is 5.82 Å². The van der Waals surface area contributed by atoms with E-state index < -0.39 is 6.10 Å². The maximum absolute atomic E-state index is 13.3. The van der Waals surface area contributed by atoms with Gasteiger partial charge in [-0.25, -0.2) is 4.39 Å². The number of pyridine rings is 1. The van der Waals surface area contributed by atoms with Crippen molar-refractivity contribution in [2.75, 3.05) is 13.2 Å². The summed E-state index contributed by atoms with van der Waals surface area (Å²) >= 11 is 0. The maximum atomic E-state index is 13.3. The Bertz CT molecular complexity index is 537. The van der Waals surface area contributed by atoms with Crippen molar-refractivity contribution in [3.05, 3.63) is 65.7 Å². The fraction of sp³-hybridized carbons (Fsp3) is 0.312. The Morgan fingerprint density at radius 2 is 1.95 bits per heavy atom. The van der Waals surface area contributed by atoms with E-state index >= 15 is 0 Å². The first kappa shape index (κ1) is 15.6. The SMILES string of the molecule is OC(CNCc1ccncc1)COCc1ccccc1F. The summed E-state index contributed by atoms with van der Waals surface area (Å²) in [6.07, 6.45) is 2.83. The van der Waals surface area contributed by atoms with Gasteiger partial charge < -0.3 is 15.2 Å². The van der Waals surface area contributed by atoms with Crippen molar-refractivity contribution in [1.29, 1.82) is 0 Å². The number of rotatable bonds is 8. The van der Waals surface area contributed by atoms with Crippen LogP contribution in [0.3, 0.4) is 0 Å². The van der Waals surface area contributed by atoms with Crippen molar-refractivity contribution < 1.29 is 14.2 Å². The van der Waals surface area contributed by atoms with Crippen molar-refractivity contribution in [3.63, 3.8) is 0 Å². The lowest BCUT2D eigenvalue weighted by Crippen LogP contribution is -2.30. The summed E-state index contributed by atoms with van der Waals surface area (Å²) in [4.78, 5) is 3.94. The van der Waals surface area contributed by atoms with Crippen molar-refractivity contribution in [3.8, 4) is 0 Å². The van der Waals surface area contributed by atoms with E-state index in [2.05, 4.69) is 10.3 Å². The number of benzene rings is 1. The molecule has 112 valence electrons. The molecule has 0 amide bonds. The highest BCUT2D eigenvalue weighted by Crippen LogP contribution is 2.07. The van der Waals surface area contributed by atoms with Gasteiger partial charge in [0, 0.05) is 31.0 Å². The van der Waals surface area contributed by atoms with Crippen molar-refractivity contribution in [2.45, 2.75) is 19.3 Å². The number of halogens is 1. The predicted octanol–water partition coefficient (Wildman–Crippen LogP) is 1.89. The van der Waals surface area contributed by atoms with E-state index in [0.717, 1.165) is 5.56 Å². The van der Waals surface area contributed by atoms with Gasteiger partial charge in [0.25, 0.3) is 0 Å². The third kappa shape index (κ3) is 5.59. The quantitative estimate of drug-likeness (QED) is 0.779. The number of ether oxygens (including phenoxy) is 1. The van der Waals surface area contributed by atoms with E-state index in [9.17, 15) is 9.50 Å². The first-order chi connectivity index (χ1) is 10.3. The second kappa shape index (κ2) is 8.46. The molecule has 0 saturated carbocycles. The molecular formula is C16H19FN2O2. The number of nitrogens with one attached hydrogen (secondary N) is 1. The Labute approximate surface area is 123 Å². The lowest BCUT2D eigenvalue weighted by Gasteiger charge is -2.12. The standard InChI is InChI=1S/C16H19FN2O2/c17-16-4-2-1-3-14(16)11-21-12-15(20)10-19-9-13-5-7-18-8-6-13/h1-8,15,19-20H,9-12H2. The van der Waals surface area contributed by atoms with Gasteiger partial charge in [0.05, 0.1) is 19.3 Å². The molecule has 1 aromatic carbocycles. The molecule has 0 radical (unpaired) electrons. The molecule has 1 heterocycles. The van der Waals surface area contributed by atoms with Crippen LogP contribution in [-0.2, 0) is 17.9 Å². The van der Waals surface area contributed by atoms with Gasteiger partial charge in [-0.1, -0.05) is 18.2 Å². The van der Waals surface area contributed by atoms with E-state index in [1.54, 1.807) is 30.6 Å². The number of nitrogens with zero attached hydrogens (tertiary/aromatic N) is 1. The molecular weight excluding hydrogens is 271 g/mol. The summed E-state index contributed by atoms with van der Waals surface area (Å²) in [5.41, 5.74) is 1.60. The van der Waals surface area contributed by atoms with Crippen LogP contribution in [0.1, 0.15) is 11.1 Å². The Morgan fingerprint density at radius 1 is 1.19 bits per heavy atom. The van der Waals surface area contributed by atoms with Crippen LogP contribution in [0.4, 0.5) is 4.39 Å². The predicted molar refractivity (Wildman–Crippen MR) is 78.0 cm³/mol. The summed E-state index contributed by atoms with van der Waals surface area (Å²) in [5.74, 6) is -0.289. The molecule has 0 bridgehead atoms. The largest absolute Gasteiger partial charge is 0.389 e. The maximum Gasteiger partial charge on any atom is 0.128 e. The van der Waals surface area contributed by atoms with E-state index in [1.165, 1.54) is 6.07 Å². The van der Waals surface area contributed by atoms with Crippen molar-refractivity contribution in [2.24, 2.45) is 0 Å². The third-order valence-electron chi connectivity index (χ3n) is 2.98. The van der Waals surface area contributed by atoms with E-state index in [4.69, 9.17) is 4.74 Å². The zero-order valence-corrected chi connectivity index (χ0v) is 11.7. The summed E-state index contributed by atoms with van der Waals surface area (Å²) in [7, 11) is 0. The molecule has 0 spiro atoms. The average molecular weight is 290 g/mol. The minimum atomic E-state index is -0.626. The summed E-state index contributed by atoms with van der Waals surface area (Å²) in [5, 5.41) is 12.9. The number of hydrogen-bond donors (Lipinski definition) is 2. The molecule has 2 N–H and O–H groups in total. The van der Waals surface area contributed by atoms with Gasteiger partial charge in [0.1, 0.15) is 5.82 Å². The van der Waals surface area contributed by atoms with Gasteiger partial charge in [-0.05, 0) is 23.8 Å². The van der Waals surface area contributed by atoms with Crippen molar-refractivity contribution >= 4 is 0 Å². The van der Waals surface area contributed by atoms with Gasteiger partial charge in [-0.3, -0.25) is 4.98 Å². The van der Waals surface area contributed by atoms with Gasteiger partial charge in [0.15, 0.2) is 0 Å². The number of hydrogen-bond acceptors (Lipinski definition) is 4. The number of aliphatic hydroxyl groups is 1. The minimum Gasteiger partial charge on any atom is -0.389 e. The monoisotopic (exact) mass is 290 g/mol. The molecule has 1 aromatic heterocycles. The molecule has 0 aliphatic carbocycles. The second-order valence-electron chi connectivity index (χ2n) is 4.75. The first-order valence-electron chi connectivity index (χ1n) is 6.84. The highest BCUT2D eigenvalue weighted by molar-refractivity contribution is 5.16. The van der Waals surface area contributed by atoms with Crippen LogP contribution < -0.4 is 5.32 Å². The molecule has 1 unspecified atom stereocenters. The van der Waals surface area contributed by atoms with Crippen LogP contribution in [0.15, 0.2) is 48.8 Å². The zero-order chi connectivity index (χ0) is 14.9. The molecule has 5 heteroatoms. The molecule has 0 saturated heterocycles. The molecule has 4 nitrogen and oxygen atoms in total. The highest BCUT2D eigenvalue weighted by Gasteiger charge is 2.06. The smallest absolute Gasteiger partial charge is 0.128 e. The van der Waals surface area contributed by atoms with Crippen LogP contribution in [-0.4, -0.2) is 29.3 Å². The van der Waals surface area contributed by atoms with Crippen LogP contribution in [0.2, 0.25) is 0 Å². The van der Waals surface area contributed by atoms with Gasteiger partial charge in [0.2, 0.25) is 0 Å². The Balaban J connectivity index is 1.62. The fourth-order valence-electron chi connectivity index (χ4n) is 1.86. The van der Waals surface area contributed by atoms with Crippen LogP contribution in [0.5, 0.6) is 0 Å². The minimum absolute atomic E-state index is 0.161. The average Bonchev–Trinajstić information content (AvgIpc) is 2.50. The van der Waals surface area contributed by atoms with Crippen LogP contribution >= 0.6 is 0 Å². The normalized spacial score (nSPS) is 12.3. The second-order valence-corrected chi connectivity index (χ2v) is 4.75. The molecule has 21 heavy (non-hydrogen) atoms. The van der Waals surface area contributed by atoms with Gasteiger partial charge >= 0.3 is 0 Å². The molecule has 0 aliphatic heterocycles. The van der Waals surface area contributed by atoms with Gasteiger partial charge in [-0.15, -0.1) is 0 Å². The highest BCUT2D eigenvalue weighted by atomic mass is 19.1. The fourth-order valence-corrected chi connectivity index (χ4v) is 1.86. The van der Waals surface area contributed by atoms with E-state index in [0.29, 0.717) is 18.7 Å². The van der Waals surface area contributed by atoms with Crippen molar-refractivity contribution in [1.82, 2.24) is 10.3 Å². The lowest BCUT2D eigenvalue weighted by atomic mass is 10.2. The van der Waals surface area contributed by atoms with E-state index in [-0.39, 0.29) is 19.0 Å². The Kier molecular flexibility index (Phi) is 6.27. The Morgan fingerprint density at radius 3 is 2.71 bits per heavy atom.